The largest absolute Gasteiger partial charge is 0.480 e. The van der Waals surface area contributed by atoms with Gasteiger partial charge in [0.2, 0.25) is 0 Å². The van der Waals surface area contributed by atoms with Crippen molar-refractivity contribution in [2.24, 2.45) is 0 Å². The van der Waals surface area contributed by atoms with Crippen LogP contribution in [0.15, 0.2) is 12.7 Å². The number of aliphatic carboxylic acids is 1. The molecule has 1 N–H and O–H groups in total. The Hall–Kier alpha value is -2.25. The zero-order chi connectivity index (χ0) is 16.9. The van der Waals surface area contributed by atoms with Crippen molar-refractivity contribution in [3.8, 4) is 0 Å². The van der Waals surface area contributed by atoms with E-state index in [0.717, 1.165) is 4.90 Å². The number of rotatable bonds is 3. The lowest BCUT2D eigenvalue weighted by Gasteiger charge is -2.39. The molecule has 0 spiro atoms. The highest BCUT2D eigenvalue weighted by molar-refractivity contribution is 5.82. The van der Waals surface area contributed by atoms with Gasteiger partial charge in [-0.15, -0.1) is 0 Å². The number of hydrogen-bond acceptors (Lipinski definition) is 5. The number of hydrogen-bond donors (Lipinski definition) is 1. The van der Waals surface area contributed by atoms with Gasteiger partial charge in [-0.2, -0.15) is 0 Å². The number of ether oxygens (including phenoxy) is 2. The standard InChI is InChI=1S/C14H22N2O6/c1-5-8-21-12(19)15-6-7-16(10(9-15)11(17)18)13(20)22-14(2,3)4/h5,10H,1,6-9H2,2-4H3,(H,17,18)/t10-/m1/s1. The van der Waals surface area contributed by atoms with Crippen molar-refractivity contribution in [3.63, 3.8) is 0 Å². The van der Waals surface area contributed by atoms with Crippen molar-refractivity contribution >= 4 is 18.2 Å². The van der Waals surface area contributed by atoms with E-state index >= 15 is 0 Å². The van der Waals surface area contributed by atoms with Crippen LogP contribution >= 0.6 is 0 Å². The number of carboxylic acids is 1. The van der Waals surface area contributed by atoms with Crippen LogP contribution < -0.4 is 0 Å². The number of carbonyl (C=O) groups is 3. The van der Waals surface area contributed by atoms with Crippen LogP contribution in [-0.2, 0) is 14.3 Å². The van der Waals surface area contributed by atoms with Gasteiger partial charge in [0.15, 0.2) is 6.04 Å². The van der Waals surface area contributed by atoms with E-state index in [1.54, 1.807) is 20.8 Å². The van der Waals surface area contributed by atoms with Crippen LogP contribution in [0.2, 0.25) is 0 Å². The van der Waals surface area contributed by atoms with Gasteiger partial charge in [-0.05, 0) is 20.8 Å². The molecule has 1 rings (SSSR count). The normalized spacial score (nSPS) is 18.6. The molecule has 1 saturated heterocycles. The number of nitrogens with zero attached hydrogens (tertiary/aromatic N) is 2. The van der Waals surface area contributed by atoms with Crippen molar-refractivity contribution in [1.29, 1.82) is 0 Å². The molecule has 1 heterocycles. The SMILES string of the molecule is C=CCOC(=O)N1CCN(C(=O)OC(C)(C)C)[C@@H](C(=O)O)C1. The van der Waals surface area contributed by atoms with Crippen LogP contribution in [0.25, 0.3) is 0 Å². The molecule has 124 valence electrons. The highest BCUT2D eigenvalue weighted by Crippen LogP contribution is 2.16. The molecule has 0 radical (unpaired) electrons. The summed E-state index contributed by atoms with van der Waals surface area (Å²) in [6.45, 7) is 8.67. The number of amides is 2. The maximum absolute atomic E-state index is 12.1. The minimum Gasteiger partial charge on any atom is -0.480 e. The second-order valence-electron chi connectivity index (χ2n) is 5.84. The molecule has 0 aromatic rings. The quantitative estimate of drug-likeness (QED) is 0.789. The van der Waals surface area contributed by atoms with Gasteiger partial charge in [0.05, 0.1) is 6.54 Å². The van der Waals surface area contributed by atoms with Crippen molar-refractivity contribution in [2.45, 2.75) is 32.4 Å². The molecule has 0 bridgehead atoms. The van der Waals surface area contributed by atoms with Gasteiger partial charge in [0.1, 0.15) is 12.2 Å². The third-order valence-electron chi connectivity index (χ3n) is 2.88. The Morgan fingerprint density at radius 3 is 2.41 bits per heavy atom. The minimum absolute atomic E-state index is 0.0445. The van der Waals surface area contributed by atoms with Crippen LogP contribution in [0.5, 0.6) is 0 Å². The highest BCUT2D eigenvalue weighted by atomic mass is 16.6. The van der Waals surface area contributed by atoms with E-state index in [2.05, 4.69) is 6.58 Å². The first-order valence-electron chi connectivity index (χ1n) is 6.90. The lowest BCUT2D eigenvalue weighted by atomic mass is 10.1. The van der Waals surface area contributed by atoms with Gasteiger partial charge in [-0.1, -0.05) is 12.7 Å². The summed E-state index contributed by atoms with van der Waals surface area (Å²) in [5, 5.41) is 9.29. The summed E-state index contributed by atoms with van der Waals surface area (Å²) in [4.78, 5) is 37.6. The van der Waals surface area contributed by atoms with Gasteiger partial charge in [0.25, 0.3) is 0 Å². The van der Waals surface area contributed by atoms with E-state index in [4.69, 9.17) is 9.47 Å². The molecule has 1 fully saturated rings. The molecule has 0 aliphatic carbocycles. The molecular weight excluding hydrogens is 292 g/mol. The van der Waals surface area contributed by atoms with E-state index in [0.29, 0.717) is 0 Å². The Kier molecular flexibility index (Phi) is 5.78. The van der Waals surface area contributed by atoms with E-state index in [9.17, 15) is 19.5 Å². The predicted molar refractivity (Wildman–Crippen MR) is 77.5 cm³/mol. The van der Waals surface area contributed by atoms with Crippen molar-refractivity contribution < 1.29 is 29.0 Å². The van der Waals surface area contributed by atoms with Crippen LogP contribution in [0.4, 0.5) is 9.59 Å². The van der Waals surface area contributed by atoms with Crippen molar-refractivity contribution in [2.75, 3.05) is 26.2 Å². The van der Waals surface area contributed by atoms with Crippen LogP contribution in [0.3, 0.4) is 0 Å². The molecule has 1 aliphatic heterocycles. The van der Waals surface area contributed by atoms with Crippen LogP contribution in [-0.4, -0.2) is 70.9 Å². The maximum atomic E-state index is 12.1. The highest BCUT2D eigenvalue weighted by Gasteiger charge is 2.39. The first-order chi connectivity index (χ1) is 10.2. The molecule has 0 aromatic heterocycles. The zero-order valence-electron chi connectivity index (χ0n) is 13.1. The first-order valence-corrected chi connectivity index (χ1v) is 6.90. The monoisotopic (exact) mass is 314 g/mol. The van der Waals surface area contributed by atoms with Gasteiger partial charge < -0.3 is 19.5 Å². The molecule has 1 atom stereocenters. The van der Waals surface area contributed by atoms with Gasteiger partial charge >= 0.3 is 18.2 Å². The molecule has 2 amide bonds. The van der Waals surface area contributed by atoms with E-state index in [1.807, 2.05) is 0 Å². The van der Waals surface area contributed by atoms with Crippen LogP contribution in [0.1, 0.15) is 20.8 Å². The minimum atomic E-state index is -1.20. The lowest BCUT2D eigenvalue weighted by molar-refractivity contribution is -0.145. The number of carboxylic acid groups (broad SMARTS) is 1. The average Bonchev–Trinajstić information content (AvgIpc) is 2.42. The zero-order valence-corrected chi connectivity index (χ0v) is 13.1. The molecule has 22 heavy (non-hydrogen) atoms. The third-order valence-corrected chi connectivity index (χ3v) is 2.88. The first kappa shape index (κ1) is 17.8. The Morgan fingerprint density at radius 2 is 1.91 bits per heavy atom. The Morgan fingerprint density at radius 1 is 1.27 bits per heavy atom. The maximum Gasteiger partial charge on any atom is 0.411 e. The fraction of sp³-hybridized carbons (Fsp3) is 0.643. The summed E-state index contributed by atoms with van der Waals surface area (Å²) in [6, 6.07) is -1.17. The molecule has 8 nitrogen and oxygen atoms in total. The predicted octanol–water partition coefficient (Wildman–Crippen LogP) is 1.31. The second kappa shape index (κ2) is 7.15. The second-order valence-corrected chi connectivity index (χ2v) is 5.84. The number of piperazine rings is 1. The summed E-state index contributed by atoms with van der Waals surface area (Å²) in [5.74, 6) is -1.20. The fourth-order valence-corrected chi connectivity index (χ4v) is 1.92. The smallest absolute Gasteiger partial charge is 0.411 e. The van der Waals surface area contributed by atoms with Crippen LogP contribution in [0, 0.1) is 0 Å². The van der Waals surface area contributed by atoms with Gasteiger partial charge in [0, 0.05) is 13.1 Å². The molecule has 1 aliphatic rings. The Labute approximate surface area is 129 Å². The molecule has 0 unspecified atom stereocenters. The summed E-state index contributed by atoms with van der Waals surface area (Å²) in [7, 11) is 0. The van der Waals surface area contributed by atoms with Crippen molar-refractivity contribution in [3.05, 3.63) is 12.7 Å². The molecular formula is C14H22N2O6. The summed E-state index contributed by atoms with van der Waals surface area (Å²) < 4.78 is 10.1. The molecule has 0 saturated carbocycles. The van der Waals surface area contributed by atoms with Gasteiger partial charge in [-0.3, -0.25) is 4.90 Å². The van der Waals surface area contributed by atoms with E-state index < -0.39 is 29.8 Å². The third kappa shape index (κ3) is 4.94. The van der Waals surface area contributed by atoms with Gasteiger partial charge in [-0.25, -0.2) is 14.4 Å². The van der Waals surface area contributed by atoms with Crippen molar-refractivity contribution in [1.82, 2.24) is 9.80 Å². The fourth-order valence-electron chi connectivity index (χ4n) is 1.92. The Balaban J connectivity index is 2.76. The molecule has 8 heteroatoms. The van der Waals surface area contributed by atoms with E-state index in [-0.39, 0.29) is 26.2 Å². The number of carbonyl (C=O) groups excluding carboxylic acids is 2. The lowest BCUT2D eigenvalue weighted by Crippen LogP contribution is -2.60. The molecule has 0 aromatic carbocycles. The summed E-state index contributed by atoms with van der Waals surface area (Å²) in [5.41, 5.74) is -0.722. The topological polar surface area (TPSA) is 96.4 Å². The Bertz CT molecular complexity index is 457. The average molecular weight is 314 g/mol. The summed E-state index contributed by atoms with van der Waals surface area (Å²) in [6.07, 6.45) is 0.0813. The summed E-state index contributed by atoms with van der Waals surface area (Å²) >= 11 is 0. The van der Waals surface area contributed by atoms with E-state index in [1.165, 1.54) is 11.0 Å².